The first-order valence-electron chi connectivity index (χ1n) is 8.43. The molecule has 0 aromatic heterocycles. The molecule has 3 rings (SSSR count). The van der Waals surface area contributed by atoms with Crippen molar-refractivity contribution in [3.8, 4) is 5.75 Å². The Bertz CT molecular complexity index is 943. The van der Waals surface area contributed by atoms with E-state index in [1.165, 1.54) is 30.3 Å². The molecule has 0 amide bonds. The third-order valence-corrected chi connectivity index (χ3v) is 3.86. The molecule has 0 saturated heterocycles. The van der Waals surface area contributed by atoms with Gasteiger partial charge in [-0.15, -0.1) is 0 Å². The molecule has 0 bridgehead atoms. The molecule has 0 atom stereocenters. The third kappa shape index (κ3) is 5.47. The third-order valence-electron chi connectivity index (χ3n) is 3.86. The van der Waals surface area contributed by atoms with Crippen LogP contribution in [0.3, 0.4) is 0 Å². The van der Waals surface area contributed by atoms with Crippen LogP contribution in [0.4, 0.5) is 4.39 Å². The summed E-state index contributed by atoms with van der Waals surface area (Å²) < 4.78 is 18.2. The highest BCUT2D eigenvalue weighted by Gasteiger charge is 2.06. The number of ether oxygens (including phenoxy) is 1. The van der Waals surface area contributed by atoms with Gasteiger partial charge in [0.1, 0.15) is 11.6 Å². The van der Waals surface area contributed by atoms with Crippen molar-refractivity contribution in [1.29, 1.82) is 0 Å². The first-order chi connectivity index (χ1) is 13.1. The smallest absolute Gasteiger partial charge is 0.315 e. The molecule has 3 nitrogen and oxygen atoms in total. The van der Waals surface area contributed by atoms with Gasteiger partial charge in [0.25, 0.3) is 0 Å². The van der Waals surface area contributed by atoms with E-state index in [4.69, 9.17) is 4.74 Å². The van der Waals surface area contributed by atoms with Crippen molar-refractivity contribution in [3.05, 3.63) is 107 Å². The van der Waals surface area contributed by atoms with Crippen molar-refractivity contribution in [3.63, 3.8) is 0 Å². The van der Waals surface area contributed by atoms with Crippen LogP contribution < -0.4 is 4.74 Å². The Balaban J connectivity index is 1.57. The quantitative estimate of drug-likeness (QED) is 0.273. The number of allylic oxidation sites excluding steroid dienone is 1. The molecule has 0 heterocycles. The van der Waals surface area contributed by atoms with Gasteiger partial charge in [0.05, 0.1) is 6.42 Å². The van der Waals surface area contributed by atoms with Gasteiger partial charge in [-0.3, -0.25) is 9.59 Å². The largest absolute Gasteiger partial charge is 0.426 e. The van der Waals surface area contributed by atoms with Crippen LogP contribution in [0.5, 0.6) is 5.75 Å². The predicted molar refractivity (Wildman–Crippen MR) is 102 cm³/mol. The van der Waals surface area contributed by atoms with Gasteiger partial charge in [0, 0.05) is 5.56 Å². The van der Waals surface area contributed by atoms with Gasteiger partial charge in [-0.25, -0.2) is 4.39 Å². The van der Waals surface area contributed by atoms with Crippen molar-refractivity contribution in [2.24, 2.45) is 0 Å². The molecule has 3 aromatic rings. The number of esters is 1. The molecule has 0 aliphatic carbocycles. The lowest BCUT2D eigenvalue weighted by Crippen LogP contribution is -2.11. The zero-order valence-corrected chi connectivity index (χ0v) is 14.5. The van der Waals surface area contributed by atoms with E-state index >= 15 is 0 Å². The maximum absolute atomic E-state index is 12.9. The molecule has 0 unspecified atom stereocenters. The number of ketones is 1. The molecule has 27 heavy (non-hydrogen) atoms. The minimum Gasteiger partial charge on any atom is -0.426 e. The summed E-state index contributed by atoms with van der Waals surface area (Å²) in [5.74, 6) is -0.491. The Hall–Kier alpha value is -3.53. The van der Waals surface area contributed by atoms with Crippen LogP contribution in [0.2, 0.25) is 0 Å². The van der Waals surface area contributed by atoms with E-state index < -0.39 is 0 Å². The highest BCUT2D eigenvalue weighted by Crippen LogP contribution is 2.15. The molecule has 0 fully saturated rings. The molecule has 4 heteroatoms. The Labute approximate surface area is 156 Å². The fourth-order valence-corrected chi connectivity index (χ4v) is 2.46. The zero-order valence-electron chi connectivity index (χ0n) is 14.5. The molecular weight excluding hydrogens is 343 g/mol. The molecule has 3 aromatic carbocycles. The van der Waals surface area contributed by atoms with E-state index in [9.17, 15) is 14.0 Å². The number of hydrogen-bond donors (Lipinski definition) is 0. The molecule has 0 N–H and O–H groups in total. The van der Waals surface area contributed by atoms with Crippen LogP contribution in [0.1, 0.15) is 21.5 Å². The van der Waals surface area contributed by atoms with E-state index in [0.717, 1.165) is 11.1 Å². The summed E-state index contributed by atoms with van der Waals surface area (Å²) in [6, 6.07) is 21.6. The van der Waals surface area contributed by atoms with Crippen LogP contribution in [0, 0.1) is 5.82 Å². The first kappa shape index (κ1) is 18.3. The molecule has 0 spiro atoms. The van der Waals surface area contributed by atoms with Crippen LogP contribution in [0.25, 0.3) is 6.08 Å². The van der Waals surface area contributed by atoms with Gasteiger partial charge in [-0.1, -0.05) is 48.5 Å². The summed E-state index contributed by atoms with van der Waals surface area (Å²) in [6.45, 7) is 0. The van der Waals surface area contributed by atoms with E-state index in [2.05, 4.69) is 0 Å². The molecule has 0 saturated carbocycles. The van der Waals surface area contributed by atoms with Crippen molar-refractivity contribution >= 4 is 17.8 Å². The fraction of sp³-hybridized carbons (Fsp3) is 0.0435. The SMILES string of the molecule is O=C(Cc1ccccc1)Oc1ccc(/C=C/C(=O)c2ccc(F)cc2)cc1. The number of benzene rings is 3. The standard InChI is InChI=1S/C23H17FO3/c24-20-11-9-19(10-12-20)22(25)15-8-17-6-13-21(14-7-17)27-23(26)16-18-4-2-1-3-5-18/h1-15H,16H2/b15-8+. The van der Waals surface area contributed by atoms with Crippen molar-refractivity contribution < 1.29 is 18.7 Å². The lowest BCUT2D eigenvalue weighted by atomic mass is 10.1. The van der Waals surface area contributed by atoms with E-state index in [1.54, 1.807) is 30.3 Å². The van der Waals surface area contributed by atoms with Crippen LogP contribution in [0.15, 0.2) is 84.9 Å². The maximum atomic E-state index is 12.9. The Morgan fingerprint density at radius 1 is 0.852 bits per heavy atom. The monoisotopic (exact) mass is 360 g/mol. The Morgan fingerprint density at radius 2 is 1.52 bits per heavy atom. The van der Waals surface area contributed by atoms with Gasteiger partial charge < -0.3 is 4.74 Å². The lowest BCUT2D eigenvalue weighted by molar-refractivity contribution is -0.133. The minimum atomic E-state index is -0.382. The summed E-state index contributed by atoms with van der Waals surface area (Å²) in [5, 5.41) is 0. The topological polar surface area (TPSA) is 43.4 Å². The average molecular weight is 360 g/mol. The Kier molecular flexibility index (Phi) is 5.90. The number of carbonyl (C=O) groups is 2. The fourth-order valence-electron chi connectivity index (χ4n) is 2.46. The van der Waals surface area contributed by atoms with Crippen molar-refractivity contribution in [2.45, 2.75) is 6.42 Å². The lowest BCUT2D eigenvalue weighted by Gasteiger charge is -2.05. The number of carbonyl (C=O) groups excluding carboxylic acids is 2. The van der Waals surface area contributed by atoms with Crippen molar-refractivity contribution in [1.82, 2.24) is 0 Å². The van der Waals surface area contributed by atoms with Crippen LogP contribution in [-0.2, 0) is 11.2 Å². The molecular formula is C23H17FO3. The minimum absolute atomic E-state index is 0.203. The van der Waals surface area contributed by atoms with Crippen LogP contribution >= 0.6 is 0 Å². The van der Waals surface area contributed by atoms with Gasteiger partial charge in [0.2, 0.25) is 0 Å². The Morgan fingerprint density at radius 3 is 2.19 bits per heavy atom. The summed E-state index contributed by atoms with van der Waals surface area (Å²) in [4.78, 5) is 24.0. The predicted octanol–water partition coefficient (Wildman–Crippen LogP) is 4.87. The molecule has 0 radical (unpaired) electrons. The number of halogens is 1. The first-order valence-corrected chi connectivity index (χ1v) is 8.43. The molecule has 134 valence electrons. The van der Waals surface area contributed by atoms with Gasteiger partial charge in [-0.2, -0.15) is 0 Å². The van der Waals surface area contributed by atoms with Gasteiger partial charge >= 0.3 is 5.97 Å². The van der Waals surface area contributed by atoms with Gasteiger partial charge in [-0.05, 0) is 53.6 Å². The summed E-state index contributed by atoms with van der Waals surface area (Å²) in [5.41, 5.74) is 2.09. The second-order valence-electron chi connectivity index (χ2n) is 5.91. The summed E-state index contributed by atoms with van der Waals surface area (Å²) in [7, 11) is 0. The zero-order chi connectivity index (χ0) is 19.1. The summed E-state index contributed by atoms with van der Waals surface area (Å²) >= 11 is 0. The average Bonchev–Trinajstić information content (AvgIpc) is 2.68. The second-order valence-corrected chi connectivity index (χ2v) is 5.91. The number of rotatable bonds is 6. The van der Waals surface area contributed by atoms with Crippen molar-refractivity contribution in [2.75, 3.05) is 0 Å². The molecule has 0 aliphatic rings. The van der Waals surface area contributed by atoms with Crippen LogP contribution in [-0.4, -0.2) is 11.8 Å². The normalized spacial score (nSPS) is 10.7. The van der Waals surface area contributed by atoms with Gasteiger partial charge in [0.15, 0.2) is 5.78 Å². The molecule has 0 aliphatic heterocycles. The highest BCUT2D eigenvalue weighted by atomic mass is 19.1. The highest BCUT2D eigenvalue weighted by molar-refractivity contribution is 6.06. The van der Waals surface area contributed by atoms with E-state index in [0.29, 0.717) is 11.3 Å². The summed E-state index contributed by atoms with van der Waals surface area (Å²) in [6.07, 6.45) is 3.28. The second kappa shape index (κ2) is 8.72. The number of hydrogen-bond acceptors (Lipinski definition) is 3. The van der Waals surface area contributed by atoms with E-state index in [-0.39, 0.29) is 24.0 Å². The maximum Gasteiger partial charge on any atom is 0.315 e. The van der Waals surface area contributed by atoms with E-state index in [1.807, 2.05) is 30.3 Å².